The molecule has 0 atom stereocenters. The van der Waals surface area contributed by atoms with Gasteiger partial charge in [-0.2, -0.15) is 4.98 Å². The second kappa shape index (κ2) is 5.65. The third kappa shape index (κ3) is 2.82. The molecule has 0 fully saturated rings. The topological polar surface area (TPSA) is 67.3 Å². The molecule has 90 valence electrons. The highest BCUT2D eigenvalue weighted by Crippen LogP contribution is 2.20. The van der Waals surface area contributed by atoms with Gasteiger partial charge in [-0.25, -0.2) is 4.98 Å². The summed E-state index contributed by atoms with van der Waals surface area (Å²) in [4.78, 5) is 8.27. The Hall–Kier alpha value is -1.36. The van der Waals surface area contributed by atoms with E-state index in [0.717, 1.165) is 12.8 Å². The monoisotopic (exact) mass is 225 g/mol. The Labute approximate surface area is 95.9 Å². The zero-order chi connectivity index (χ0) is 12.0. The number of aliphatic hydroxyl groups is 1. The molecule has 1 aromatic rings. The summed E-state index contributed by atoms with van der Waals surface area (Å²) in [5.41, 5.74) is -0.355. The number of aliphatic hydroxyl groups excluding tert-OH is 1. The average molecular weight is 225 g/mol. The van der Waals surface area contributed by atoms with Crippen molar-refractivity contribution in [3.05, 3.63) is 12.3 Å². The lowest BCUT2D eigenvalue weighted by Gasteiger charge is -2.30. The van der Waals surface area contributed by atoms with Crippen LogP contribution in [0.4, 0.5) is 5.95 Å². The maximum atomic E-state index is 9.42. The summed E-state index contributed by atoms with van der Waals surface area (Å²) in [6.45, 7) is 4.10. The van der Waals surface area contributed by atoms with E-state index < -0.39 is 0 Å². The van der Waals surface area contributed by atoms with E-state index in [9.17, 15) is 5.11 Å². The first kappa shape index (κ1) is 12.7. The molecule has 0 radical (unpaired) electrons. The molecule has 0 bridgehead atoms. The maximum Gasteiger partial charge on any atom is 0.226 e. The van der Waals surface area contributed by atoms with Gasteiger partial charge in [-0.3, -0.25) is 0 Å². The Morgan fingerprint density at radius 3 is 2.62 bits per heavy atom. The molecular formula is C11H19N3O2. The fourth-order valence-corrected chi connectivity index (χ4v) is 1.44. The molecule has 1 aromatic heterocycles. The van der Waals surface area contributed by atoms with Crippen molar-refractivity contribution in [2.24, 2.45) is 0 Å². The predicted molar refractivity (Wildman–Crippen MR) is 62.6 cm³/mol. The molecule has 16 heavy (non-hydrogen) atoms. The molecule has 0 amide bonds. The molecule has 0 saturated carbocycles. The number of nitrogens with one attached hydrogen (secondary N) is 1. The van der Waals surface area contributed by atoms with E-state index in [1.807, 2.05) is 13.8 Å². The lowest BCUT2D eigenvalue weighted by molar-refractivity contribution is 0.201. The zero-order valence-corrected chi connectivity index (χ0v) is 10.0. The van der Waals surface area contributed by atoms with Gasteiger partial charge in [0.05, 0.1) is 19.3 Å². The van der Waals surface area contributed by atoms with E-state index >= 15 is 0 Å². The van der Waals surface area contributed by atoms with Crippen molar-refractivity contribution in [3.63, 3.8) is 0 Å². The van der Waals surface area contributed by atoms with Crippen LogP contribution in [-0.4, -0.2) is 34.3 Å². The summed E-state index contributed by atoms with van der Waals surface area (Å²) in [6.07, 6.45) is 3.24. The van der Waals surface area contributed by atoms with Gasteiger partial charge in [0, 0.05) is 12.3 Å². The van der Waals surface area contributed by atoms with Crippen molar-refractivity contribution in [2.75, 3.05) is 19.0 Å². The molecule has 0 aliphatic heterocycles. The molecule has 0 unspecified atom stereocenters. The predicted octanol–water partition coefficient (Wildman–Crippen LogP) is 1.45. The molecule has 0 aliphatic rings. The minimum absolute atomic E-state index is 0.0561. The minimum Gasteiger partial charge on any atom is -0.481 e. The molecule has 0 saturated heterocycles. The Bertz CT molecular complexity index is 318. The first-order valence-corrected chi connectivity index (χ1v) is 5.45. The van der Waals surface area contributed by atoms with Gasteiger partial charge < -0.3 is 15.2 Å². The van der Waals surface area contributed by atoms with Crippen LogP contribution in [0.1, 0.15) is 26.7 Å². The van der Waals surface area contributed by atoms with E-state index in [1.54, 1.807) is 19.4 Å². The first-order chi connectivity index (χ1) is 7.69. The van der Waals surface area contributed by atoms with Gasteiger partial charge in [0.25, 0.3) is 0 Å². The summed E-state index contributed by atoms with van der Waals surface area (Å²) in [7, 11) is 1.56. The van der Waals surface area contributed by atoms with Crippen LogP contribution < -0.4 is 10.1 Å². The fraction of sp³-hybridized carbons (Fsp3) is 0.636. The average Bonchev–Trinajstić information content (AvgIpc) is 2.36. The molecule has 1 heterocycles. The summed E-state index contributed by atoms with van der Waals surface area (Å²) in [5, 5.41) is 12.6. The number of methoxy groups -OCH3 is 1. The highest BCUT2D eigenvalue weighted by molar-refractivity contribution is 5.31. The van der Waals surface area contributed by atoms with Gasteiger partial charge in [-0.05, 0) is 12.8 Å². The van der Waals surface area contributed by atoms with Crippen molar-refractivity contribution >= 4 is 5.95 Å². The van der Waals surface area contributed by atoms with E-state index in [1.165, 1.54) is 0 Å². The van der Waals surface area contributed by atoms with Crippen molar-refractivity contribution in [1.29, 1.82) is 0 Å². The van der Waals surface area contributed by atoms with Crippen LogP contribution in [0.2, 0.25) is 0 Å². The van der Waals surface area contributed by atoms with Crippen molar-refractivity contribution in [3.8, 4) is 5.88 Å². The number of nitrogens with zero attached hydrogens (tertiary/aromatic N) is 2. The van der Waals surface area contributed by atoms with Gasteiger partial charge in [-0.1, -0.05) is 13.8 Å². The normalized spacial score (nSPS) is 11.2. The highest BCUT2D eigenvalue weighted by Gasteiger charge is 2.25. The second-order valence-electron chi connectivity index (χ2n) is 3.69. The number of rotatable bonds is 6. The first-order valence-electron chi connectivity index (χ1n) is 5.45. The number of anilines is 1. The molecule has 5 nitrogen and oxygen atoms in total. The Balaban J connectivity index is 2.84. The van der Waals surface area contributed by atoms with E-state index in [-0.39, 0.29) is 12.1 Å². The number of aromatic nitrogens is 2. The van der Waals surface area contributed by atoms with E-state index in [0.29, 0.717) is 11.8 Å². The van der Waals surface area contributed by atoms with Gasteiger partial charge in [0.15, 0.2) is 0 Å². The van der Waals surface area contributed by atoms with Crippen LogP contribution in [0.3, 0.4) is 0 Å². The summed E-state index contributed by atoms with van der Waals surface area (Å²) < 4.78 is 5.02. The minimum atomic E-state index is -0.355. The van der Waals surface area contributed by atoms with Gasteiger partial charge in [0.1, 0.15) is 0 Å². The smallest absolute Gasteiger partial charge is 0.226 e. The molecule has 1 rings (SSSR count). The standard InChI is InChI=1S/C11H19N3O2/c1-4-11(5-2,8-15)14-10-12-7-6-9(13-10)16-3/h6-7,15H,4-5,8H2,1-3H3,(H,12,13,14). The summed E-state index contributed by atoms with van der Waals surface area (Å²) in [6, 6.07) is 1.68. The SMILES string of the molecule is CCC(CC)(CO)Nc1nccc(OC)n1. The molecule has 0 spiro atoms. The fourth-order valence-electron chi connectivity index (χ4n) is 1.44. The van der Waals surface area contributed by atoms with Gasteiger partial charge >= 0.3 is 0 Å². The summed E-state index contributed by atoms with van der Waals surface area (Å²) in [5.74, 6) is 0.994. The largest absolute Gasteiger partial charge is 0.481 e. The van der Waals surface area contributed by atoms with E-state index in [2.05, 4.69) is 15.3 Å². The van der Waals surface area contributed by atoms with Crippen molar-refractivity contribution < 1.29 is 9.84 Å². The lowest BCUT2D eigenvalue weighted by Crippen LogP contribution is -2.41. The zero-order valence-electron chi connectivity index (χ0n) is 10.0. The van der Waals surface area contributed by atoms with Crippen LogP contribution >= 0.6 is 0 Å². The van der Waals surface area contributed by atoms with Crippen LogP contribution in [0.5, 0.6) is 5.88 Å². The number of ether oxygens (including phenoxy) is 1. The van der Waals surface area contributed by atoms with Crippen molar-refractivity contribution in [1.82, 2.24) is 9.97 Å². The number of hydrogen-bond donors (Lipinski definition) is 2. The Morgan fingerprint density at radius 1 is 1.44 bits per heavy atom. The maximum absolute atomic E-state index is 9.42. The molecular weight excluding hydrogens is 206 g/mol. The van der Waals surface area contributed by atoms with Crippen molar-refractivity contribution in [2.45, 2.75) is 32.2 Å². The molecule has 0 aromatic carbocycles. The highest BCUT2D eigenvalue weighted by atomic mass is 16.5. The molecule has 5 heteroatoms. The Kier molecular flexibility index (Phi) is 4.49. The summed E-state index contributed by atoms with van der Waals surface area (Å²) >= 11 is 0. The third-order valence-electron chi connectivity index (χ3n) is 2.87. The van der Waals surface area contributed by atoms with Crippen LogP contribution in [0.15, 0.2) is 12.3 Å². The van der Waals surface area contributed by atoms with Gasteiger partial charge in [0.2, 0.25) is 11.8 Å². The molecule has 2 N–H and O–H groups in total. The lowest BCUT2D eigenvalue weighted by atomic mass is 9.94. The third-order valence-corrected chi connectivity index (χ3v) is 2.87. The van der Waals surface area contributed by atoms with Crippen LogP contribution in [0, 0.1) is 0 Å². The van der Waals surface area contributed by atoms with Crippen LogP contribution in [0.25, 0.3) is 0 Å². The van der Waals surface area contributed by atoms with Gasteiger partial charge in [-0.15, -0.1) is 0 Å². The Morgan fingerprint density at radius 2 is 2.12 bits per heavy atom. The van der Waals surface area contributed by atoms with E-state index in [4.69, 9.17) is 4.74 Å². The number of hydrogen-bond acceptors (Lipinski definition) is 5. The second-order valence-corrected chi connectivity index (χ2v) is 3.69. The van der Waals surface area contributed by atoms with Crippen LogP contribution in [-0.2, 0) is 0 Å². The quantitative estimate of drug-likeness (QED) is 0.767. The molecule has 0 aliphatic carbocycles.